The summed E-state index contributed by atoms with van der Waals surface area (Å²) in [7, 11) is 1.61. The summed E-state index contributed by atoms with van der Waals surface area (Å²) in [5, 5.41) is 0. The lowest BCUT2D eigenvalue weighted by Crippen LogP contribution is -2.13. The van der Waals surface area contributed by atoms with E-state index in [-0.39, 0.29) is 0 Å². The van der Waals surface area contributed by atoms with E-state index in [0.29, 0.717) is 11.3 Å². The van der Waals surface area contributed by atoms with Gasteiger partial charge in [0, 0.05) is 11.3 Å². The number of ether oxygens (including phenoxy) is 1. The van der Waals surface area contributed by atoms with Crippen molar-refractivity contribution >= 4 is 11.6 Å². The molecular formula is C14H14N2O2. The largest absolute Gasteiger partial charge is 0.496 e. The van der Waals surface area contributed by atoms with E-state index in [0.717, 1.165) is 16.9 Å². The number of methoxy groups -OCH3 is 1. The molecule has 1 amide bonds. The molecule has 0 radical (unpaired) electrons. The van der Waals surface area contributed by atoms with Gasteiger partial charge in [0.2, 0.25) is 0 Å². The summed E-state index contributed by atoms with van der Waals surface area (Å²) in [6.07, 6.45) is 0. The highest BCUT2D eigenvalue weighted by atomic mass is 16.5. The third-order valence-electron chi connectivity index (χ3n) is 2.74. The highest BCUT2D eigenvalue weighted by molar-refractivity contribution is 5.99. The molecule has 2 rings (SSSR count). The van der Waals surface area contributed by atoms with Crippen molar-refractivity contribution in [3.05, 3.63) is 48.0 Å². The minimum Gasteiger partial charge on any atom is -0.496 e. The van der Waals surface area contributed by atoms with Crippen LogP contribution in [0.3, 0.4) is 0 Å². The first kappa shape index (κ1) is 12.0. The first-order valence-electron chi connectivity index (χ1n) is 5.46. The Kier molecular flexibility index (Phi) is 3.19. The molecule has 4 heteroatoms. The predicted octanol–water partition coefficient (Wildman–Crippen LogP) is 2.04. The number of rotatable bonds is 3. The van der Waals surface area contributed by atoms with E-state index in [4.69, 9.17) is 16.2 Å². The minimum atomic E-state index is -0.529. The molecule has 18 heavy (non-hydrogen) atoms. The van der Waals surface area contributed by atoms with Crippen molar-refractivity contribution in [1.29, 1.82) is 0 Å². The SMILES string of the molecule is COc1ccccc1-c1ccc(C(N)=O)c(N)c1. The van der Waals surface area contributed by atoms with Crippen LogP contribution in [-0.2, 0) is 0 Å². The molecule has 92 valence electrons. The van der Waals surface area contributed by atoms with E-state index in [2.05, 4.69) is 0 Å². The zero-order chi connectivity index (χ0) is 13.1. The molecule has 0 aromatic heterocycles. The van der Waals surface area contributed by atoms with E-state index in [1.165, 1.54) is 0 Å². The van der Waals surface area contributed by atoms with E-state index < -0.39 is 5.91 Å². The molecule has 0 saturated carbocycles. The fourth-order valence-corrected chi connectivity index (χ4v) is 1.84. The molecule has 4 N–H and O–H groups in total. The lowest BCUT2D eigenvalue weighted by molar-refractivity contribution is 0.100. The predicted molar refractivity (Wildman–Crippen MR) is 71.4 cm³/mol. The Bertz CT molecular complexity index is 594. The number of para-hydroxylation sites is 1. The Morgan fingerprint density at radius 3 is 2.50 bits per heavy atom. The van der Waals surface area contributed by atoms with E-state index >= 15 is 0 Å². The van der Waals surface area contributed by atoms with E-state index in [1.54, 1.807) is 25.3 Å². The summed E-state index contributed by atoms with van der Waals surface area (Å²) < 4.78 is 5.28. The van der Waals surface area contributed by atoms with Gasteiger partial charge in [-0.2, -0.15) is 0 Å². The van der Waals surface area contributed by atoms with Gasteiger partial charge in [-0.05, 0) is 23.8 Å². The molecular weight excluding hydrogens is 228 g/mol. The van der Waals surface area contributed by atoms with Crippen molar-refractivity contribution < 1.29 is 9.53 Å². The van der Waals surface area contributed by atoms with Gasteiger partial charge >= 0.3 is 0 Å². The first-order valence-corrected chi connectivity index (χ1v) is 5.46. The second-order valence-electron chi connectivity index (χ2n) is 3.87. The Morgan fingerprint density at radius 1 is 1.17 bits per heavy atom. The van der Waals surface area contributed by atoms with Crippen LogP contribution >= 0.6 is 0 Å². The molecule has 0 unspecified atom stereocenters. The van der Waals surface area contributed by atoms with Crippen LogP contribution in [0.4, 0.5) is 5.69 Å². The number of amides is 1. The summed E-state index contributed by atoms with van der Waals surface area (Å²) >= 11 is 0. The number of hydrogen-bond donors (Lipinski definition) is 2. The zero-order valence-corrected chi connectivity index (χ0v) is 10.0. The molecule has 0 atom stereocenters. The Morgan fingerprint density at radius 2 is 1.89 bits per heavy atom. The van der Waals surface area contributed by atoms with Crippen molar-refractivity contribution in [1.82, 2.24) is 0 Å². The van der Waals surface area contributed by atoms with Gasteiger partial charge < -0.3 is 16.2 Å². The number of carbonyl (C=O) groups excluding carboxylic acids is 1. The van der Waals surface area contributed by atoms with E-state index in [1.807, 2.05) is 24.3 Å². The summed E-state index contributed by atoms with van der Waals surface area (Å²) in [4.78, 5) is 11.1. The zero-order valence-electron chi connectivity index (χ0n) is 10.0. The smallest absolute Gasteiger partial charge is 0.250 e. The molecule has 0 saturated heterocycles. The van der Waals surface area contributed by atoms with Gasteiger partial charge in [0.1, 0.15) is 5.75 Å². The van der Waals surface area contributed by atoms with Crippen LogP contribution in [0.15, 0.2) is 42.5 Å². The monoisotopic (exact) mass is 242 g/mol. The molecule has 0 spiro atoms. The lowest BCUT2D eigenvalue weighted by atomic mass is 10.0. The summed E-state index contributed by atoms with van der Waals surface area (Å²) in [6.45, 7) is 0. The van der Waals surface area contributed by atoms with Gasteiger partial charge in [-0.3, -0.25) is 4.79 Å². The molecule has 0 heterocycles. The highest BCUT2D eigenvalue weighted by Gasteiger charge is 2.09. The van der Waals surface area contributed by atoms with Crippen LogP contribution in [0.25, 0.3) is 11.1 Å². The third-order valence-corrected chi connectivity index (χ3v) is 2.74. The molecule has 4 nitrogen and oxygen atoms in total. The van der Waals surface area contributed by atoms with Gasteiger partial charge in [0.25, 0.3) is 5.91 Å². The summed E-state index contributed by atoms with van der Waals surface area (Å²) in [6, 6.07) is 12.7. The topological polar surface area (TPSA) is 78.3 Å². The van der Waals surface area contributed by atoms with Crippen molar-refractivity contribution in [2.45, 2.75) is 0 Å². The van der Waals surface area contributed by atoms with Crippen molar-refractivity contribution in [2.75, 3.05) is 12.8 Å². The standard InChI is InChI=1S/C14H14N2O2/c1-18-13-5-3-2-4-10(13)9-6-7-11(14(16)17)12(15)8-9/h2-8H,15H2,1H3,(H2,16,17). The first-order chi connectivity index (χ1) is 8.63. The number of carbonyl (C=O) groups is 1. The number of benzene rings is 2. The molecule has 2 aromatic carbocycles. The normalized spacial score (nSPS) is 10.1. The molecule has 0 aliphatic heterocycles. The van der Waals surface area contributed by atoms with Crippen molar-refractivity contribution in [2.24, 2.45) is 5.73 Å². The molecule has 0 bridgehead atoms. The maximum atomic E-state index is 11.1. The lowest BCUT2D eigenvalue weighted by Gasteiger charge is -2.10. The number of hydrogen-bond acceptors (Lipinski definition) is 3. The molecule has 0 fully saturated rings. The Labute approximate surface area is 105 Å². The average molecular weight is 242 g/mol. The average Bonchev–Trinajstić information content (AvgIpc) is 2.38. The number of nitrogen functional groups attached to an aromatic ring is 1. The van der Waals surface area contributed by atoms with E-state index in [9.17, 15) is 4.79 Å². The fourth-order valence-electron chi connectivity index (χ4n) is 1.84. The van der Waals surface area contributed by atoms with Gasteiger partial charge in [-0.25, -0.2) is 0 Å². The number of nitrogens with two attached hydrogens (primary N) is 2. The van der Waals surface area contributed by atoms with Crippen LogP contribution < -0.4 is 16.2 Å². The molecule has 0 aliphatic rings. The highest BCUT2D eigenvalue weighted by Crippen LogP contribution is 2.31. The maximum Gasteiger partial charge on any atom is 0.250 e. The van der Waals surface area contributed by atoms with Crippen LogP contribution in [0.1, 0.15) is 10.4 Å². The van der Waals surface area contributed by atoms with Gasteiger partial charge in [0.15, 0.2) is 0 Å². The van der Waals surface area contributed by atoms with Crippen LogP contribution in [0.2, 0.25) is 0 Å². The minimum absolute atomic E-state index is 0.327. The van der Waals surface area contributed by atoms with Crippen LogP contribution in [0.5, 0.6) is 5.75 Å². The fraction of sp³-hybridized carbons (Fsp3) is 0.0714. The molecule has 0 aliphatic carbocycles. The summed E-state index contributed by atoms with van der Waals surface area (Å²) in [5.74, 6) is 0.225. The number of anilines is 1. The Hall–Kier alpha value is -2.49. The van der Waals surface area contributed by atoms with Crippen LogP contribution in [0, 0.1) is 0 Å². The Balaban J connectivity index is 2.52. The number of primary amides is 1. The van der Waals surface area contributed by atoms with Crippen LogP contribution in [-0.4, -0.2) is 13.0 Å². The second-order valence-corrected chi connectivity index (χ2v) is 3.87. The van der Waals surface area contributed by atoms with Gasteiger partial charge in [-0.1, -0.05) is 24.3 Å². The van der Waals surface area contributed by atoms with Crippen molar-refractivity contribution in [3.63, 3.8) is 0 Å². The third kappa shape index (κ3) is 2.13. The summed E-state index contributed by atoms with van der Waals surface area (Å²) in [5.41, 5.74) is 13.5. The van der Waals surface area contributed by atoms with Gasteiger partial charge in [-0.15, -0.1) is 0 Å². The molecule has 2 aromatic rings. The second kappa shape index (κ2) is 4.79. The van der Waals surface area contributed by atoms with Gasteiger partial charge in [0.05, 0.1) is 12.7 Å². The quantitative estimate of drug-likeness (QED) is 0.808. The van der Waals surface area contributed by atoms with Crippen molar-refractivity contribution in [3.8, 4) is 16.9 Å². The maximum absolute atomic E-state index is 11.1.